The minimum atomic E-state index is -0.341. The van der Waals surface area contributed by atoms with Gasteiger partial charge in [0, 0.05) is 11.3 Å². The van der Waals surface area contributed by atoms with E-state index in [1.54, 1.807) is 42.5 Å². The first-order chi connectivity index (χ1) is 11.6. The summed E-state index contributed by atoms with van der Waals surface area (Å²) < 4.78 is 10.4. The van der Waals surface area contributed by atoms with E-state index in [1.165, 1.54) is 13.3 Å². The second-order valence-electron chi connectivity index (χ2n) is 4.68. The van der Waals surface area contributed by atoms with Crippen molar-refractivity contribution in [1.82, 2.24) is 5.43 Å². The van der Waals surface area contributed by atoms with E-state index in [-0.39, 0.29) is 12.5 Å². The normalized spacial score (nSPS) is 10.2. The Kier molecular flexibility index (Phi) is 5.75. The van der Waals surface area contributed by atoms with Gasteiger partial charge in [-0.25, -0.2) is 5.43 Å². The van der Waals surface area contributed by atoms with Gasteiger partial charge in [-0.15, -0.1) is 0 Å². The van der Waals surface area contributed by atoms with Crippen molar-refractivity contribution >= 4 is 17.8 Å². The molecule has 0 bridgehead atoms. The highest BCUT2D eigenvalue weighted by Gasteiger charge is 2.05. The average molecular weight is 324 g/mol. The van der Waals surface area contributed by atoms with Crippen LogP contribution in [0, 0.1) is 11.3 Å². The molecule has 122 valence electrons. The van der Waals surface area contributed by atoms with Crippen molar-refractivity contribution in [1.29, 1.82) is 5.26 Å². The number of nitrogens with zero attached hydrogens (tertiary/aromatic N) is 2. The molecule has 0 aliphatic heterocycles. The van der Waals surface area contributed by atoms with Crippen molar-refractivity contribution in [2.45, 2.75) is 0 Å². The number of carbonyl (C=O) groups excluding carboxylic acids is 1. The molecule has 2 aromatic carbocycles. The number of anilines is 1. The fourth-order valence-electron chi connectivity index (χ4n) is 1.86. The van der Waals surface area contributed by atoms with E-state index in [4.69, 9.17) is 20.5 Å². The molecule has 0 atom stereocenters. The van der Waals surface area contributed by atoms with E-state index in [0.29, 0.717) is 28.3 Å². The van der Waals surface area contributed by atoms with E-state index in [1.807, 2.05) is 6.07 Å². The number of amides is 1. The molecule has 0 heterocycles. The predicted octanol–water partition coefficient (Wildman–Crippen LogP) is 1.94. The second-order valence-corrected chi connectivity index (χ2v) is 4.68. The second kappa shape index (κ2) is 8.19. The molecule has 0 saturated heterocycles. The van der Waals surface area contributed by atoms with E-state index in [9.17, 15) is 4.79 Å². The van der Waals surface area contributed by atoms with Crippen molar-refractivity contribution in [2.24, 2.45) is 5.10 Å². The molecule has 0 aliphatic carbocycles. The van der Waals surface area contributed by atoms with E-state index in [0.717, 1.165) is 0 Å². The van der Waals surface area contributed by atoms with Crippen LogP contribution in [0.4, 0.5) is 5.69 Å². The highest BCUT2D eigenvalue weighted by Crippen LogP contribution is 2.27. The number of nitrogens with two attached hydrogens (primary N) is 1. The first kappa shape index (κ1) is 16.8. The van der Waals surface area contributed by atoms with Gasteiger partial charge in [-0.1, -0.05) is 0 Å². The maximum Gasteiger partial charge on any atom is 0.271 e. The topological polar surface area (TPSA) is 110 Å². The molecule has 0 unspecified atom stereocenters. The molecule has 0 aromatic heterocycles. The molecule has 0 saturated carbocycles. The first-order valence-corrected chi connectivity index (χ1v) is 7.01. The molecule has 1 amide bonds. The zero-order valence-electron chi connectivity index (χ0n) is 13.0. The molecule has 0 radical (unpaired) electrons. The summed E-state index contributed by atoms with van der Waals surface area (Å²) in [4.78, 5) is 11.9. The highest BCUT2D eigenvalue weighted by atomic mass is 16.5. The fourth-order valence-corrected chi connectivity index (χ4v) is 1.86. The van der Waals surface area contributed by atoms with Gasteiger partial charge in [-0.05, 0) is 48.0 Å². The van der Waals surface area contributed by atoms with Crippen LogP contribution in [0.3, 0.4) is 0 Å². The number of nitrogens with one attached hydrogen (secondary N) is 1. The lowest BCUT2D eigenvalue weighted by molar-refractivity contribution is 0.0955. The molecular formula is C17H16N4O3. The van der Waals surface area contributed by atoms with Crippen LogP contribution in [0.25, 0.3) is 0 Å². The molecule has 7 heteroatoms. The third-order valence-electron chi connectivity index (χ3n) is 3.03. The number of nitriles is 1. The minimum Gasteiger partial charge on any atom is -0.493 e. The van der Waals surface area contributed by atoms with Gasteiger partial charge in [0.2, 0.25) is 0 Å². The van der Waals surface area contributed by atoms with E-state index in [2.05, 4.69) is 10.5 Å². The third kappa shape index (κ3) is 4.48. The smallest absolute Gasteiger partial charge is 0.271 e. The summed E-state index contributed by atoms with van der Waals surface area (Å²) in [5.41, 5.74) is 9.74. The Labute approximate surface area is 139 Å². The summed E-state index contributed by atoms with van der Waals surface area (Å²) in [5, 5.41) is 12.4. The van der Waals surface area contributed by atoms with Crippen molar-refractivity contribution in [3.63, 3.8) is 0 Å². The molecule has 2 rings (SSSR count). The number of methoxy groups -OCH3 is 1. The highest BCUT2D eigenvalue weighted by molar-refractivity contribution is 5.95. The lowest BCUT2D eigenvalue weighted by Gasteiger charge is -2.08. The van der Waals surface area contributed by atoms with Crippen LogP contribution in [0.15, 0.2) is 47.6 Å². The van der Waals surface area contributed by atoms with Crippen molar-refractivity contribution in [3.05, 3.63) is 53.6 Å². The number of hydrogen-bond donors (Lipinski definition) is 2. The number of carbonyl (C=O) groups is 1. The summed E-state index contributed by atoms with van der Waals surface area (Å²) >= 11 is 0. The first-order valence-electron chi connectivity index (χ1n) is 7.01. The van der Waals surface area contributed by atoms with Gasteiger partial charge < -0.3 is 15.2 Å². The summed E-state index contributed by atoms with van der Waals surface area (Å²) in [6.45, 7) is -0.0680. The van der Waals surface area contributed by atoms with Crippen molar-refractivity contribution < 1.29 is 14.3 Å². The van der Waals surface area contributed by atoms with Gasteiger partial charge in [0.15, 0.2) is 18.1 Å². The van der Waals surface area contributed by atoms with Crippen molar-refractivity contribution in [2.75, 3.05) is 19.5 Å². The molecule has 24 heavy (non-hydrogen) atoms. The summed E-state index contributed by atoms with van der Waals surface area (Å²) in [6, 6.07) is 13.5. The lowest BCUT2D eigenvalue weighted by Crippen LogP contribution is -2.17. The maximum atomic E-state index is 11.9. The number of hydrogen-bond acceptors (Lipinski definition) is 6. The Bertz CT molecular complexity index is 779. The van der Waals surface area contributed by atoms with Gasteiger partial charge in [-0.2, -0.15) is 10.4 Å². The Balaban J connectivity index is 2.02. The van der Waals surface area contributed by atoms with E-state index < -0.39 is 0 Å². The Morgan fingerprint density at radius 3 is 2.71 bits per heavy atom. The number of rotatable bonds is 6. The zero-order valence-corrected chi connectivity index (χ0v) is 13.0. The molecule has 0 aliphatic rings. The molecule has 2 aromatic rings. The van der Waals surface area contributed by atoms with E-state index >= 15 is 0 Å². The van der Waals surface area contributed by atoms with Gasteiger partial charge in [-0.3, -0.25) is 4.79 Å². The van der Waals surface area contributed by atoms with Crippen LogP contribution in [0.2, 0.25) is 0 Å². The summed E-state index contributed by atoms with van der Waals surface area (Å²) in [6.07, 6.45) is 1.48. The van der Waals surface area contributed by atoms with Crippen LogP contribution in [0.5, 0.6) is 11.5 Å². The van der Waals surface area contributed by atoms with Gasteiger partial charge in [0.1, 0.15) is 6.07 Å². The van der Waals surface area contributed by atoms with Crippen LogP contribution in [-0.2, 0) is 0 Å². The van der Waals surface area contributed by atoms with Crippen LogP contribution in [0.1, 0.15) is 15.9 Å². The predicted molar refractivity (Wildman–Crippen MR) is 90.0 cm³/mol. The summed E-state index contributed by atoms with van der Waals surface area (Å²) in [5.74, 6) is 0.591. The SMILES string of the molecule is COc1cc(C=NNC(=O)c2ccc(N)cc2)ccc1OCC#N. The Morgan fingerprint density at radius 2 is 2.04 bits per heavy atom. The van der Waals surface area contributed by atoms with Crippen molar-refractivity contribution in [3.8, 4) is 17.6 Å². The largest absolute Gasteiger partial charge is 0.493 e. The Hall–Kier alpha value is -3.53. The van der Waals surface area contributed by atoms with Crippen LogP contribution in [-0.4, -0.2) is 25.8 Å². The maximum absolute atomic E-state index is 11.9. The minimum absolute atomic E-state index is 0.0680. The number of hydrazone groups is 1. The Morgan fingerprint density at radius 1 is 1.29 bits per heavy atom. The molecule has 0 spiro atoms. The standard InChI is InChI=1S/C17H16N4O3/c1-23-16-10-12(2-7-15(16)24-9-8-18)11-20-21-17(22)13-3-5-14(19)6-4-13/h2-7,10-11H,9,19H2,1H3,(H,21,22). The lowest BCUT2D eigenvalue weighted by atomic mass is 10.2. The monoisotopic (exact) mass is 324 g/mol. The van der Waals surface area contributed by atoms with Gasteiger partial charge >= 0.3 is 0 Å². The molecule has 3 N–H and O–H groups in total. The number of benzene rings is 2. The average Bonchev–Trinajstić information content (AvgIpc) is 2.60. The quantitative estimate of drug-likeness (QED) is 0.479. The number of nitrogen functional groups attached to an aromatic ring is 1. The third-order valence-corrected chi connectivity index (χ3v) is 3.03. The molecule has 0 fully saturated rings. The van der Waals surface area contributed by atoms with Crippen LogP contribution >= 0.6 is 0 Å². The van der Waals surface area contributed by atoms with Gasteiger partial charge in [0.25, 0.3) is 5.91 Å². The fraction of sp³-hybridized carbons (Fsp3) is 0.118. The van der Waals surface area contributed by atoms with Crippen LogP contribution < -0.4 is 20.6 Å². The molecule has 7 nitrogen and oxygen atoms in total. The number of ether oxygens (including phenoxy) is 2. The summed E-state index contributed by atoms with van der Waals surface area (Å²) in [7, 11) is 1.50. The zero-order chi connectivity index (χ0) is 17.4. The molecular weight excluding hydrogens is 308 g/mol. The van der Waals surface area contributed by atoms with Gasteiger partial charge in [0.05, 0.1) is 13.3 Å².